The topological polar surface area (TPSA) is 30.5 Å². The fourth-order valence-corrected chi connectivity index (χ4v) is 1.72. The smallest absolute Gasteiger partial charge is 0.105 e. The maximum Gasteiger partial charge on any atom is 0.105 e. The van der Waals surface area contributed by atoms with Crippen LogP contribution in [0.4, 0.5) is 0 Å². The van der Waals surface area contributed by atoms with E-state index >= 15 is 0 Å². The number of rotatable bonds is 6. The predicted molar refractivity (Wildman–Crippen MR) is 63.5 cm³/mol. The molecular weight excluding hydrogens is 202 g/mol. The molecule has 0 bridgehead atoms. The number of hydrogen-bond acceptors (Lipinski definition) is 3. The van der Waals surface area contributed by atoms with Crippen LogP contribution < -0.4 is 5.32 Å². The Labute approximate surface area is 96.8 Å². The molecule has 3 heteroatoms. The Morgan fingerprint density at radius 1 is 1.31 bits per heavy atom. The first-order valence-electron chi connectivity index (χ1n) is 5.81. The molecule has 3 nitrogen and oxygen atoms in total. The normalized spacial score (nSPS) is 16.1. The molecule has 0 saturated carbocycles. The standard InChI is InChI=1S/C13H19NO2/c1-14-7-6-11-4-2-3-5-12(11)8-16-13-9-15-10-13/h2-5,13-14H,6-10H2,1H3. The van der Waals surface area contributed by atoms with E-state index < -0.39 is 0 Å². The predicted octanol–water partition coefficient (Wildman–Crippen LogP) is 1.36. The fraction of sp³-hybridized carbons (Fsp3) is 0.538. The van der Waals surface area contributed by atoms with E-state index in [2.05, 4.69) is 29.6 Å². The molecule has 16 heavy (non-hydrogen) atoms. The van der Waals surface area contributed by atoms with Crippen LogP contribution in [-0.2, 0) is 22.5 Å². The zero-order valence-electron chi connectivity index (χ0n) is 9.74. The van der Waals surface area contributed by atoms with Crippen LogP contribution >= 0.6 is 0 Å². The molecule has 0 unspecified atom stereocenters. The first kappa shape index (κ1) is 11.6. The van der Waals surface area contributed by atoms with Crippen molar-refractivity contribution in [2.24, 2.45) is 0 Å². The van der Waals surface area contributed by atoms with E-state index in [1.165, 1.54) is 11.1 Å². The van der Waals surface area contributed by atoms with Crippen LogP contribution in [0.3, 0.4) is 0 Å². The van der Waals surface area contributed by atoms with Crippen molar-refractivity contribution >= 4 is 0 Å². The van der Waals surface area contributed by atoms with Gasteiger partial charge in [-0.15, -0.1) is 0 Å². The highest BCUT2D eigenvalue weighted by Gasteiger charge is 2.18. The van der Waals surface area contributed by atoms with E-state index in [0.717, 1.165) is 26.2 Å². The van der Waals surface area contributed by atoms with Gasteiger partial charge in [-0.3, -0.25) is 0 Å². The van der Waals surface area contributed by atoms with E-state index in [1.54, 1.807) is 0 Å². The summed E-state index contributed by atoms with van der Waals surface area (Å²) in [5, 5.41) is 3.17. The van der Waals surface area contributed by atoms with Crippen molar-refractivity contribution in [1.29, 1.82) is 0 Å². The minimum atomic E-state index is 0.303. The van der Waals surface area contributed by atoms with Crippen LogP contribution in [0.1, 0.15) is 11.1 Å². The summed E-state index contributed by atoms with van der Waals surface area (Å²) in [5.41, 5.74) is 2.67. The molecule has 0 spiro atoms. The Bertz CT molecular complexity index is 323. The molecule has 88 valence electrons. The molecule has 1 aromatic carbocycles. The maximum absolute atomic E-state index is 5.74. The average molecular weight is 221 g/mol. The van der Waals surface area contributed by atoms with Gasteiger partial charge in [-0.05, 0) is 31.1 Å². The lowest BCUT2D eigenvalue weighted by Crippen LogP contribution is -2.35. The number of benzene rings is 1. The van der Waals surface area contributed by atoms with Gasteiger partial charge in [0, 0.05) is 0 Å². The zero-order valence-corrected chi connectivity index (χ0v) is 9.74. The molecule has 1 heterocycles. The zero-order chi connectivity index (χ0) is 11.2. The molecule has 0 radical (unpaired) electrons. The molecule has 0 atom stereocenters. The quantitative estimate of drug-likeness (QED) is 0.787. The molecule has 0 aromatic heterocycles. The van der Waals surface area contributed by atoms with Crippen molar-refractivity contribution in [2.75, 3.05) is 26.8 Å². The first-order valence-corrected chi connectivity index (χ1v) is 5.81. The van der Waals surface area contributed by atoms with Gasteiger partial charge in [0.2, 0.25) is 0 Å². The third-order valence-corrected chi connectivity index (χ3v) is 2.84. The number of nitrogens with one attached hydrogen (secondary N) is 1. The molecule has 0 aliphatic carbocycles. The van der Waals surface area contributed by atoms with Crippen LogP contribution in [0.5, 0.6) is 0 Å². The van der Waals surface area contributed by atoms with Gasteiger partial charge in [0.05, 0.1) is 19.8 Å². The minimum Gasteiger partial charge on any atom is -0.376 e. The van der Waals surface area contributed by atoms with Crippen LogP contribution in [0.2, 0.25) is 0 Å². The lowest BCUT2D eigenvalue weighted by Gasteiger charge is -2.26. The Hall–Kier alpha value is -0.900. The minimum absolute atomic E-state index is 0.303. The molecule has 1 aliphatic rings. The Morgan fingerprint density at radius 3 is 2.69 bits per heavy atom. The molecule has 1 saturated heterocycles. The lowest BCUT2D eigenvalue weighted by atomic mass is 10.1. The van der Waals surface area contributed by atoms with Crippen molar-refractivity contribution in [3.8, 4) is 0 Å². The summed E-state index contributed by atoms with van der Waals surface area (Å²) in [6.07, 6.45) is 1.36. The third-order valence-electron chi connectivity index (χ3n) is 2.84. The molecule has 1 N–H and O–H groups in total. The van der Waals surface area contributed by atoms with Gasteiger partial charge >= 0.3 is 0 Å². The number of likely N-dealkylation sites (N-methyl/N-ethyl adjacent to an activating group) is 1. The number of hydrogen-bond donors (Lipinski definition) is 1. The van der Waals surface area contributed by atoms with Gasteiger partial charge in [-0.1, -0.05) is 24.3 Å². The summed E-state index contributed by atoms with van der Waals surface area (Å²) in [6, 6.07) is 8.47. The molecule has 1 aliphatic heterocycles. The van der Waals surface area contributed by atoms with Gasteiger partial charge in [-0.2, -0.15) is 0 Å². The monoisotopic (exact) mass is 221 g/mol. The Morgan fingerprint density at radius 2 is 2.06 bits per heavy atom. The summed E-state index contributed by atoms with van der Waals surface area (Å²) in [6.45, 7) is 3.20. The van der Waals surface area contributed by atoms with E-state index in [1.807, 2.05) is 7.05 Å². The summed E-state index contributed by atoms with van der Waals surface area (Å²) in [5.74, 6) is 0. The van der Waals surface area contributed by atoms with Crippen molar-refractivity contribution in [2.45, 2.75) is 19.1 Å². The Kier molecular flexibility index (Phi) is 4.34. The number of ether oxygens (including phenoxy) is 2. The van der Waals surface area contributed by atoms with Crippen LogP contribution in [-0.4, -0.2) is 32.9 Å². The van der Waals surface area contributed by atoms with Crippen LogP contribution in [0.25, 0.3) is 0 Å². The second kappa shape index (κ2) is 5.99. The lowest BCUT2D eigenvalue weighted by molar-refractivity contribution is -0.135. The van der Waals surface area contributed by atoms with Gasteiger partial charge in [0.1, 0.15) is 6.10 Å². The molecule has 1 aromatic rings. The van der Waals surface area contributed by atoms with Gasteiger partial charge in [-0.25, -0.2) is 0 Å². The van der Waals surface area contributed by atoms with Crippen molar-refractivity contribution in [3.63, 3.8) is 0 Å². The summed E-state index contributed by atoms with van der Waals surface area (Å²) >= 11 is 0. The first-order chi connectivity index (χ1) is 7.90. The molecular formula is C13H19NO2. The van der Waals surface area contributed by atoms with Gasteiger partial charge < -0.3 is 14.8 Å². The van der Waals surface area contributed by atoms with E-state index in [0.29, 0.717) is 12.7 Å². The second-order valence-corrected chi connectivity index (χ2v) is 4.09. The highest BCUT2D eigenvalue weighted by atomic mass is 16.6. The summed E-state index contributed by atoms with van der Waals surface area (Å²) in [7, 11) is 1.98. The van der Waals surface area contributed by atoms with Gasteiger partial charge in [0.25, 0.3) is 0 Å². The third kappa shape index (κ3) is 3.04. The molecule has 2 rings (SSSR count). The highest BCUT2D eigenvalue weighted by Crippen LogP contribution is 2.14. The molecule has 1 fully saturated rings. The van der Waals surface area contributed by atoms with Crippen LogP contribution in [0.15, 0.2) is 24.3 Å². The van der Waals surface area contributed by atoms with E-state index in [9.17, 15) is 0 Å². The highest BCUT2D eigenvalue weighted by molar-refractivity contribution is 5.26. The molecule has 0 amide bonds. The maximum atomic E-state index is 5.74. The summed E-state index contributed by atoms with van der Waals surface area (Å²) in [4.78, 5) is 0. The second-order valence-electron chi connectivity index (χ2n) is 4.09. The van der Waals surface area contributed by atoms with Gasteiger partial charge in [0.15, 0.2) is 0 Å². The van der Waals surface area contributed by atoms with E-state index in [-0.39, 0.29) is 0 Å². The van der Waals surface area contributed by atoms with E-state index in [4.69, 9.17) is 9.47 Å². The summed E-state index contributed by atoms with van der Waals surface area (Å²) < 4.78 is 10.8. The SMILES string of the molecule is CNCCc1ccccc1COC1COC1. The average Bonchev–Trinajstić information content (AvgIpc) is 2.26. The van der Waals surface area contributed by atoms with Crippen molar-refractivity contribution in [3.05, 3.63) is 35.4 Å². The Balaban J connectivity index is 1.89. The van der Waals surface area contributed by atoms with Crippen molar-refractivity contribution in [1.82, 2.24) is 5.32 Å². The largest absolute Gasteiger partial charge is 0.376 e. The van der Waals surface area contributed by atoms with Crippen molar-refractivity contribution < 1.29 is 9.47 Å². The fourth-order valence-electron chi connectivity index (χ4n) is 1.72. The van der Waals surface area contributed by atoms with Crippen LogP contribution in [0, 0.1) is 0 Å².